The zero-order valence-corrected chi connectivity index (χ0v) is 14.7. The first-order chi connectivity index (χ1) is 12.1. The van der Waals surface area contributed by atoms with Gasteiger partial charge in [-0.15, -0.1) is 0 Å². The number of benzene rings is 2. The molecule has 0 spiro atoms. The van der Waals surface area contributed by atoms with E-state index < -0.39 is 5.92 Å². The van der Waals surface area contributed by atoms with Crippen molar-refractivity contribution >= 4 is 11.8 Å². The maximum atomic E-state index is 12.8. The van der Waals surface area contributed by atoms with Gasteiger partial charge in [0.15, 0.2) is 0 Å². The van der Waals surface area contributed by atoms with Crippen molar-refractivity contribution in [2.75, 3.05) is 0 Å². The summed E-state index contributed by atoms with van der Waals surface area (Å²) in [6.07, 6.45) is 0.946. The smallest absolute Gasteiger partial charge is 0.317 e. The highest BCUT2D eigenvalue weighted by Crippen LogP contribution is 2.48. The second-order valence-corrected chi connectivity index (χ2v) is 6.76. The Kier molecular flexibility index (Phi) is 5.32. The van der Waals surface area contributed by atoms with E-state index in [-0.39, 0.29) is 29.7 Å². The Morgan fingerprint density at radius 2 is 1.60 bits per heavy atom. The fourth-order valence-corrected chi connectivity index (χ4v) is 3.66. The molecule has 1 aliphatic carbocycles. The van der Waals surface area contributed by atoms with Crippen molar-refractivity contribution in [2.45, 2.75) is 44.6 Å². The Morgan fingerprint density at radius 3 is 2.16 bits per heavy atom. The van der Waals surface area contributed by atoms with Crippen molar-refractivity contribution in [2.24, 2.45) is 5.92 Å². The maximum absolute atomic E-state index is 12.8. The first kappa shape index (κ1) is 17.4. The number of ketones is 1. The van der Waals surface area contributed by atoms with Crippen LogP contribution in [0.3, 0.4) is 0 Å². The lowest BCUT2D eigenvalue weighted by Crippen LogP contribution is -2.29. The lowest BCUT2D eigenvalue weighted by molar-refractivity contribution is -0.155. The Morgan fingerprint density at radius 1 is 1.04 bits per heavy atom. The number of Topliss-reactive ketones (excluding diaryl/α,β-unsaturated/α-hetero) is 1. The second kappa shape index (κ2) is 7.64. The number of hydrogen-bond donors (Lipinski definition) is 0. The van der Waals surface area contributed by atoms with E-state index in [1.807, 2.05) is 74.5 Å². The van der Waals surface area contributed by atoms with E-state index in [1.54, 1.807) is 0 Å². The van der Waals surface area contributed by atoms with Crippen molar-refractivity contribution in [3.8, 4) is 0 Å². The molecule has 0 radical (unpaired) electrons. The summed E-state index contributed by atoms with van der Waals surface area (Å²) in [6.45, 7) is 3.83. The van der Waals surface area contributed by atoms with Crippen LogP contribution in [0.5, 0.6) is 0 Å². The molecule has 3 heteroatoms. The van der Waals surface area contributed by atoms with E-state index >= 15 is 0 Å². The zero-order chi connectivity index (χ0) is 17.8. The van der Waals surface area contributed by atoms with Crippen LogP contribution in [0.1, 0.15) is 49.7 Å². The number of esters is 1. The van der Waals surface area contributed by atoms with Gasteiger partial charge in [0.05, 0.1) is 6.10 Å². The molecule has 0 bridgehead atoms. The van der Waals surface area contributed by atoms with Crippen molar-refractivity contribution in [1.29, 1.82) is 0 Å². The predicted molar refractivity (Wildman–Crippen MR) is 97.3 cm³/mol. The molecule has 4 atom stereocenters. The molecule has 1 aliphatic rings. The van der Waals surface area contributed by atoms with Crippen LogP contribution in [0.25, 0.3) is 0 Å². The third kappa shape index (κ3) is 3.65. The van der Waals surface area contributed by atoms with Crippen LogP contribution in [0, 0.1) is 5.92 Å². The monoisotopic (exact) mass is 336 g/mol. The topological polar surface area (TPSA) is 43.4 Å². The van der Waals surface area contributed by atoms with Crippen LogP contribution in [0.15, 0.2) is 60.7 Å². The summed E-state index contributed by atoms with van der Waals surface area (Å²) < 4.78 is 5.53. The molecule has 1 saturated carbocycles. The first-order valence-corrected chi connectivity index (χ1v) is 8.95. The molecule has 0 aliphatic heterocycles. The molecular formula is C22H24O3. The number of carbonyl (C=O) groups is 2. The standard InChI is InChI=1S/C22H24O3/c1-3-15(2)25-22(24)21-19(23)14-18(16-10-6-4-7-11-16)20(21)17-12-8-5-9-13-17/h4-13,15,18,20-21H,3,14H2,1-2H3/t15-,18+,20-,21-/m1/s1. The summed E-state index contributed by atoms with van der Waals surface area (Å²) in [5.41, 5.74) is 2.12. The van der Waals surface area contributed by atoms with E-state index in [0.29, 0.717) is 6.42 Å². The highest BCUT2D eigenvalue weighted by Gasteiger charge is 2.48. The SMILES string of the molecule is CC[C@@H](C)OC(=O)[C@@H]1C(=O)C[C@@H](c2ccccc2)[C@H]1c1ccccc1. The lowest BCUT2D eigenvalue weighted by atomic mass is 9.80. The number of ether oxygens (including phenoxy) is 1. The summed E-state index contributed by atoms with van der Waals surface area (Å²) in [5, 5.41) is 0. The molecule has 3 rings (SSSR count). The van der Waals surface area contributed by atoms with E-state index in [2.05, 4.69) is 0 Å². The number of rotatable bonds is 5. The van der Waals surface area contributed by atoms with E-state index in [0.717, 1.165) is 17.5 Å². The average Bonchev–Trinajstić information content (AvgIpc) is 3.00. The lowest BCUT2D eigenvalue weighted by Gasteiger charge is -2.25. The van der Waals surface area contributed by atoms with Crippen molar-refractivity contribution in [1.82, 2.24) is 0 Å². The van der Waals surface area contributed by atoms with Gasteiger partial charge in [0, 0.05) is 12.3 Å². The van der Waals surface area contributed by atoms with Gasteiger partial charge in [0.2, 0.25) is 0 Å². The van der Waals surface area contributed by atoms with Gasteiger partial charge in [0.1, 0.15) is 11.7 Å². The normalized spacial score (nSPS) is 24.1. The van der Waals surface area contributed by atoms with Crippen molar-refractivity contribution < 1.29 is 14.3 Å². The van der Waals surface area contributed by atoms with Crippen LogP contribution in [-0.2, 0) is 14.3 Å². The number of hydrogen-bond acceptors (Lipinski definition) is 3. The third-order valence-corrected chi connectivity index (χ3v) is 5.12. The van der Waals surface area contributed by atoms with E-state index in [4.69, 9.17) is 4.74 Å². The molecular weight excluding hydrogens is 312 g/mol. The van der Waals surface area contributed by atoms with Gasteiger partial charge in [-0.05, 0) is 30.4 Å². The quantitative estimate of drug-likeness (QED) is 0.597. The molecule has 130 valence electrons. The van der Waals surface area contributed by atoms with Crippen molar-refractivity contribution in [3.63, 3.8) is 0 Å². The van der Waals surface area contributed by atoms with Crippen molar-refractivity contribution in [3.05, 3.63) is 71.8 Å². The van der Waals surface area contributed by atoms with Gasteiger partial charge < -0.3 is 4.74 Å². The molecule has 3 nitrogen and oxygen atoms in total. The van der Waals surface area contributed by atoms with Crippen LogP contribution in [0.4, 0.5) is 0 Å². The summed E-state index contributed by atoms with van der Waals surface area (Å²) >= 11 is 0. The molecule has 0 amide bonds. The molecule has 2 aromatic rings. The van der Waals surface area contributed by atoms with E-state index in [9.17, 15) is 9.59 Å². The van der Waals surface area contributed by atoms with Gasteiger partial charge in [-0.1, -0.05) is 67.6 Å². The fraction of sp³-hybridized carbons (Fsp3) is 0.364. The molecule has 0 saturated heterocycles. The third-order valence-electron chi connectivity index (χ3n) is 5.12. The van der Waals surface area contributed by atoms with Gasteiger partial charge in [-0.3, -0.25) is 9.59 Å². The number of carbonyl (C=O) groups excluding carboxylic acids is 2. The Balaban J connectivity index is 1.98. The molecule has 0 heterocycles. The minimum atomic E-state index is -0.721. The predicted octanol–water partition coefficient (Wildman–Crippen LogP) is 4.48. The van der Waals surface area contributed by atoms with Crippen LogP contribution < -0.4 is 0 Å². The first-order valence-electron chi connectivity index (χ1n) is 8.95. The van der Waals surface area contributed by atoms with Crippen LogP contribution >= 0.6 is 0 Å². The molecule has 2 aromatic carbocycles. The minimum Gasteiger partial charge on any atom is -0.462 e. The summed E-state index contributed by atoms with van der Waals surface area (Å²) in [4.78, 5) is 25.5. The molecule has 0 N–H and O–H groups in total. The molecule has 25 heavy (non-hydrogen) atoms. The summed E-state index contributed by atoms with van der Waals surface area (Å²) in [6, 6.07) is 19.9. The highest BCUT2D eigenvalue weighted by atomic mass is 16.5. The maximum Gasteiger partial charge on any atom is 0.317 e. The summed E-state index contributed by atoms with van der Waals surface area (Å²) in [5.74, 6) is -1.29. The molecule has 0 unspecified atom stereocenters. The average molecular weight is 336 g/mol. The second-order valence-electron chi connectivity index (χ2n) is 6.76. The van der Waals surface area contributed by atoms with Gasteiger partial charge >= 0.3 is 5.97 Å². The largest absolute Gasteiger partial charge is 0.462 e. The Bertz CT molecular complexity index is 723. The minimum absolute atomic E-state index is 0.00517. The van der Waals surface area contributed by atoms with Crippen LogP contribution in [0.2, 0.25) is 0 Å². The highest BCUT2D eigenvalue weighted by molar-refractivity contribution is 6.02. The Hall–Kier alpha value is -2.42. The van der Waals surface area contributed by atoms with Gasteiger partial charge in [0.25, 0.3) is 0 Å². The van der Waals surface area contributed by atoms with Gasteiger partial charge in [-0.25, -0.2) is 0 Å². The van der Waals surface area contributed by atoms with Gasteiger partial charge in [-0.2, -0.15) is 0 Å². The zero-order valence-electron chi connectivity index (χ0n) is 14.7. The Labute approximate surface area is 149 Å². The fourth-order valence-electron chi connectivity index (χ4n) is 3.66. The van der Waals surface area contributed by atoms with Crippen LogP contribution in [-0.4, -0.2) is 17.9 Å². The summed E-state index contributed by atoms with van der Waals surface area (Å²) in [7, 11) is 0. The molecule has 1 fully saturated rings. The molecule has 0 aromatic heterocycles. The van der Waals surface area contributed by atoms with E-state index in [1.165, 1.54) is 0 Å².